The molecule has 0 amide bonds. The molecule has 0 radical (unpaired) electrons. The van der Waals surface area contributed by atoms with Gasteiger partial charge in [-0.3, -0.25) is 0 Å². The van der Waals surface area contributed by atoms with Crippen LogP contribution in [0.1, 0.15) is 0 Å². The van der Waals surface area contributed by atoms with Gasteiger partial charge in [0.15, 0.2) is 0 Å². The van der Waals surface area contributed by atoms with Crippen LogP contribution in [0.3, 0.4) is 0 Å². The molecule has 0 aromatic carbocycles. The largest absolute Gasteiger partial charge is 0.465 e. The number of halogens is 2. The number of rotatable bonds is 4. The number of ether oxygens (including phenoxy) is 2. The van der Waals surface area contributed by atoms with Gasteiger partial charge in [-0.1, -0.05) is 12.7 Å². The molecule has 0 N–H and O–H groups in total. The van der Waals surface area contributed by atoms with Crippen LogP contribution < -0.4 is 0 Å². The highest BCUT2D eigenvalue weighted by molar-refractivity contribution is 9.14. The molecule has 0 aromatic rings. The van der Waals surface area contributed by atoms with E-state index < -0.39 is 11.9 Å². The summed E-state index contributed by atoms with van der Waals surface area (Å²) in [7, 11) is 1.21. The van der Waals surface area contributed by atoms with Crippen LogP contribution in [0.25, 0.3) is 0 Å². The van der Waals surface area contributed by atoms with Crippen LogP contribution in [0, 0.1) is 0 Å². The van der Waals surface area contributed by atoms with Crippen LogP contribution in [0.15, 0.2) is 21.6 Å². The van der Waals surface area contributed by atoms with Crippen LogP contribution in [0.4, 0.5) is 0 Å². The molecule has 0 saturated heterocycles. The van der Waals surface area contributed by atoms with Crippen molar-refractivity contribution >= 4 is 43.8 Å². The van der Waals surface area contributed by atoms with E-state index in [0.717, 1.165) is 0 Å². The predicted octanol–water partition coefficient (Wildman–Crippen LogP) is 1.89. The van der Waals surface area contributed by atoms with Gasteiger partial charge in [-0.05, 0) is 31.9 Å². The molecule has 6 heteroatoms. The standard InChI is InChI=1S/C8H8Br2O4/c1-3-4-14-8(12)6(10)5(9)7(11)13-2/h3H,1,4H2,2H3/b6-5+. The first-order valence-electron chi connectivity index (χ1n) is 3.46. The summed E-state index contributed by atoms with van der Waals surface area (Å²) in [5.41, 5.74) is 0. The van der Waals surface area contributed by atoms with E-state index in [2.05, 4.69) is 47.9 Å². The third-order valence-corrected chi connectivity index (χ3v) is 3.04. The van der Waals surface area contributed by atoms with Crippen LogP contribution >= 0.6 is 31.9 Å². The summed E-state index contributed by atoms with van der Waals surface area (Å²) >= 11 is 5.80. The first-order valence-corrected chi connectivity index (χ1v) is 5.04. The van der Waals surface area contributed by atoms with Gasteiger partial charge >= 0.3 is 11.9 Å². The van der Waals surface area contributed by atoms with Gasteiger partial charge in [0, 0.05) is 0 Å². The first-order chi connectivity index (χ1) is 6.54. The van der Waals surface area contributed by atoms with Gasteiger partial charge in [0.1, 0.15) is 15.6 Å². The molecular formula is C8H8Br2O4. The molecule has 78 valence electrons. The number of methoxy groups -OCH3 is 1. The zero-order chi connectivity index (χ0) is 11.1. The molecule has 0 bridgehead atoms. The number of carbonyl (C=O) groups is 2. The second kappa shape index (κ2) is 6.78. The SMILES string of the molecule is C=CCOC(=O)/C(Br)=C(\Br)C(=O)OC. The normalized spacial score (nSPS) is 11.4. The Morgan fingerprint density at radius 3 is 2.21 bits per heavy atom. The molecule has 0 rings (SSSR count). The zero-order valence-electron chi connectivity index (χ0n) is 7.38. The van der Waals surface area contributed by atoms with Crippen molar-refractivity contribution in [1.82, 2.24) is 0 Å². The van der Waals surface area contributed by atoms with Gasteiger partial charge in [0.05, 0.1) is 7.11 Å². The summed E-state index contributed by atoms with van der Waals surface area (Å²) in [6, 6.07) is 0. The summed E-state index contributed by atoms with van der Waals surface area (Å²) < 4.78 is 9.01. The fourth-order valence-electron chi connectivity index (χ4n) is 0.467. The Morgan fingerprint density at radius 1 is 1.29 bits per heavy atom. The number of esters is 2. The van der Waals surface area contributed by atoms with Crippen molar-refractivity contribution in [2.75, 3.05) is 13.7 Å². The van der Waals surface area contributed by atoms with Gasteiger partial charge in [-0.25, -0.2) is 9.59 Å². The minimum atomic E-state index is -0.665. The van der Waals surface area contributed by atoms with E-state index in [4.69, 9.17) is 0 Å². The van der Waals surface area contributed by atoms with Gasteiger partial charge in [-0.15, -0.1) is 0 Å². The van der Waals surface area contributed by atoms with Crippen molar-refractivity contribution in [2.45, 2.75) is 0 Å². The monoisotopic (exact) mass is 326 g/mol. The molecule has 0 aromatic heterocycles. The first kappa shape index (κ1) is 13.4. The summed E-state index contributed by atoms with van der Waals surface area (Å²) in [5, 5.41) is 0. The average molecular weight is 328 g/mol. The lowest BCUT2D eigenvalue weighted by molar-refractivity contribution is -0.139. The fraction of sp³-hybridized carbons (Fsp3) is 0.250. The number of hydrogen-bond acceptors (Lipinski definition) is 4. The van der Waals surface area contributed by atoms with E-state index >= 15 is 0 Å². The fourth-order valence-corrected chi connectivity index (χ4v) is 1.07. The van der Waals surface area contributed by atoms with Crippen LogP contribution in [-0.2, 0) is 19.1 Å². The third-order valence-electron chi connectivity index (χ3n) is 1.07. The van der Waals surface area contributed by atoms with Crippen molar-refractivity contribution in [3.05, 3.63) is 21.6 Å². The lowest BCUT2D eigenvalue weighted by Gasteiger charge is -2.02. The van der Waals surface area contributed by atoms with Crippen LogP contribution in [0.2, 0.25) is 0 Å². The van der Waals surface area contributed by atoms with E-state index in [9.17, 15) is 9.59 Å². The van der Waals surface area contributed by atoms with Gasteiger partial charge in [0.25, 0.3) is 0 Å². The summed E-state index contributed by atoms with van der Waals surface area (Å²) in [4.78, 5) is 22.1. The van der Waals surface area contributed by atoms with E-state index in [1.165, 1.54) is 13.2 Å². The highest BCUT2D eigenvalue weighted by Crippen LogP contribution is 2.20. The second-order valence-corrected chi connectivity index (χ2v) is 3.59. The molecule has 0 saturated carbocycles. The highest BCUT2D eigenvalue weighted by atomic mass is 79.9. The lowest BCUT2D eigenvalue weighted by Crippen LogP contribution is -2.09. The average Bonchev–Trinajstić information content (AvgIpc) is 2.22. The van der Waals surface area contributed by atoms with Crippen LogP contribution in [-0.4, -0.2) is 25.7 Å². The van der Waals surface area contributed by atoms with E-state index in [1.807, 2.05) is 0 Å². The summed E-state index contributed by atoms with van der Waals surface area (Å²) in [6.07, 6.45) is 1.42. The smallest absolute Gasteiger partial charge is 0.346 e. The van der Waals surface area contributed by atoms with E-state index in [1.54, 1.807) is 0 Å². The van der Waals surface area contributed by atoms with Gasteiger partial charge < -0.3 is 9.47 Å². The third kappa shape index (κ3) is 4.06. The summed E-state index contributed by atoms with van der Waals surface area (Å²) in [6.45, 7) is 3.45. The quantitative estimate of drug-likeness (QED) is 0.449. The maximum absolute atomic E-state index is 11.2. The number of hydrogen-bond donors (Lipinski definition) is 0. The Bertz CT molecular complexity index is 283. The zero-order valence-corrected chi connectivity index (χ0v) is 10.6. The highest BCUT2D eigenvalue weighted by Gasteiger charge is 2.17. The Hall–Kier alpha value is -0.620. The maximum Gasteiger partial charge on any atom is 0.346 e. The van der Waals surface area contributed by atoms with Crippen molar-refractivity contribution in [3.63, 3.8) is 0 Å². The Kier molecular flexibility index (Phi) is 6.48. The van der Waals surface area contributed by atoms with Gasteiger partial charge in [-0.2, -0.15) is 0 Å². The molecule has 0 aliphatic carbocycles. The topological polar surface area (TPSA) is 52.6 Å². The Labute approximate surface area is 98.2 Å². The van der Waals surface area contributed by atoms with Crippen molar-refractivity contribution < 1.29 is 19.1 Å². The molecule has 0 atom stereocenters. The minimum Gasteiger partial charge on any atom is -0.465 e. The predicted molar refractivity (Wildman–Crippen MR) is 58.1 cm³/mol. The summed E-state index contributed by atoms with van der Waals surface area (Å²) in [5.74, 6) is -1.32. The molecule has 0 unspecified atom stereocenters. The maximum atomic E-state index is 11.2. The minimum absolute atomic E-state index is 0.0194. The Morgan fingerprint density at radius 2 is 1.79 bits per heavy atom. The molecule has 0 aliphatic heterocycles. The van der Waals surface area contributed by atoms with E-state index in [-0.39, 0.29) is 15.6 Å². The van der Waals surface area contributed by atoms with Gasteiger partial charge in [0.2, 0.25) is 0 Å². The van der Waals surface area contributed by atoms with Crippen molar-refractivity contribution in [2.24, 2.45) is 0 Å². The molecular weight excluding hydrogens is 320 g/mol. The van der Waals surface area contributed by atoms with Crippen LogP contribution in [0.5, 0.6) is 0 Å². The molecule has 0 spiro atoms. The van der Waals surface area contributed by atoms with Crippen molar-refractivity contribution in [3.8, 4) is 0 Å². The van der Waals surface area contributed by atoms with E-state index in [0.29, 0.717) is 0 Å². The Balaban J connectivity index is 4.55. The number of carbonyl (C=O) groups excluding carboxylic acids is 2. The molecule has 4 nitrogen and oxygen atoms in total. The molecule has 0 aliphatic rings. The molecule has 14 heavy (non-hydrogen) atoms. The molecule has 0 fully saturated rings. The van der Waals surface area contributed by atoms with Crippen molar-refractivity contribution in [1.29, 1.82) is 0 Å². The molecule has 0 heterocycles. The lowest BCUT2D eigenvalue weighted by atomic mass is 10.5. The second-order valence-electron chi connectivity index (χ2n) is 2.01.